The molecule has 2 aromatic carbocycles. The molecule has 4 aromatic rings. The summed E-state index contributed by atoms with van der Waals surface area (Å²) in [4.78, 5) is 17.7. The van der Waals surface area contributed by atoms with Gasteiger partial charge >= 0.3 is 0 Å². The quantitative estimate of drug-likeness (QED) is 0.459. The summed E-state index contributed by atoms with van der Waals surface area (Å²) in [6.07, 6.45) is 4.14. The van der Waals surface area contributed by atoms with Crippen molar-refractivity contribution in [3.63, 3.8) is 0 Å². The zero-order chi connectivity index (χ0) is 22.0. The minimum Gasteiger partial charge on any atom is -0.496 e. The van der Waals surface area contributed by atoms with Crippen LogP contribution < -0.4 is 10.1 Å². The van der Waals surface area contributed by atoms with Gasteiger partial charge in [0.1, 0.15) is 11.4 Å². The molecule has 0 spiro atoms. The average Bonchev–Trinajstić information content (AvgIpc) is 3.17. The molecular formula is C26H27N3O2. The van der Waals surface area contributed by atoms with Crippen molar-refractivity contribution in [1.82, 2.24) is 9.38 Å². The van der Waals surface area contributed by atoms with Crippen LogP contribution in [0.15, 0.2) is 67.0 Å². The van der Waals surface area contributed by atoms with E-state index in [4.69, 9.17) is 4.74 Å². The van der Waals surface area contributed by atoms with Gasteiger partial charge < -0.3 is 14.5 Å². The van der Waals surface area contributed by atoms with E-state index in [2.05, 4.69) is 17.2 Å². The Kier molecular flexibility index (Phi) is 5.76. The van der Waals surface area contributed by atoms with E-state index in [-0.39, 0.29) is 18.2 Å². The van der Waals surface area contributed by atoms with Gasteiger partial charge in [0.25, 0.3) is 0 Å². The highest BCUT2D eigenvalue weighted by atomic mass is 16.5. The molecule has 158 valence electrons. The van der Waals surface area contributed by atoms with Crippen LogP contribution in [-0.2, 0) is 4.79 Å². The van der Waals surface area contributed by atoms with Gasteiger partial charge in [-0.05, 0) is 67.8 Å². The topological polar surface area (TPSA) is 55.6 Å². The van der Waals surface area contributed by atoms with Gasteiger partial charge in [-0.2, -0.15) is 0 Å². The lowest BCUT2D eigenvalue weighted by Gasteiger charge is -2.20. The molecule has 2 aromatic heterocycles. The number of nitrogens with zero attached hydrogens (tertiary/aromatic N) is 2. The van der Waals surface area contributed by atoms with Crippen molar-refractivity contribution in [2.24, 2.45) is 0 Å². The maximum absolute atomic E-state index is 13.1. The van der Waals surface area contributed by atoms with E-state index in [1.165, 1.54) is 5.56 Å². The Labute approximate surface area is 182 Å². The van der Waals surface area contributed by atoms with Crippen molar-refractivity contribution in [3.05, 3.63) is 94.9 Å². The van der Waals surface area contributed by atoms with Gasteiger partial charge in [-0.25, -0.2) is 4.98 Å². The van der Waals surface area contributed by atoms with Crippen LogP contribution in [0.2, 0.25) is 0 Å². The van der Waals surface area contributed by atoms with Gasteiger partial charge in [-0.3, -0.25) is 4.79 Å². The fraction of sp³-hybridized carbons (Fsp3) is 0.231. The molecule has 0 saturated carbocycles. The smallest absolute Gasteiger partial charge is 0.225 e. The predicted octanol–water partition coefficient (Wildman–Crippen LogP) is 5.43. The molecule has 1 N–H and O–H groups in total. The highest BCUT2D eigenvalue weighted by molar-refractivity contribution is 5.91. The molecular weight excluding hydrogens is 386 g/mol. The molecule has 0 aliphatic rings. The van der Waals surface area contributed by atoms with Crippen LogP contribution in [-0.4, -0.2) is 22.4 Å². The molecule has 0 bridgehead atoms. The number of amides is 1. The first kappa shape index (κ1) is 20.7. The van der Waals surface area contributed by atoms with Gasteiger partial charge in [0.15, 0.2) is 0 Å². The van der Waals surface area contributed by atoms with Crippen molar-refractivity contribution >= 4 is 17.2 Å². The second-order valence-corrected chi connectivity index (χ2v) is 7.96. The van der Waals surface area contributed by atoms with Crippen molar-refractivity contribution in [3.8, 4) is 5.75 Å². The van der Waals surface area contributed by atoms with Gasteiger partial charge in [0, 0.05) is 36.0 Å². The number of para-hydroxylation sites is 1. The molecule has 0 aliphatic heterocycles. The number of pyridine rings is 1. The summed E-state index contributed by atoms with van der Waals surface area (Å²) in [5, 5.41) is 3.06. The van der Waals surface area contributed by atoms with E-state index in [0.29, 0.717) is 0 Å². The summed E-state index contributed by atoms with van der Waals surface area (Å²) in [6.45, 7) is 6.15. The Balaban J connectivity index is 1.71. The number of carbonyl (C=O) groups excluding carboxylic acids is 1. The second kappa shape index (κ2) is 8.64. The lowest BCUT2D eigenvalue weighted by molar-refractivity contribution is -0.116. The molecule has 1 atom stereocenters. The monoisotopic (exact) mass is 413 g/mol. The van der Waals surface area contributed by atoms with Gasteiger partial charge in [0.2, 0.25) is 5.91 Å². The number of ether oxygens (including phenoxy) is 1. The Morgan fingerprint density at radius 3 is 2.65 bits per heavy atom. The average molecular weight is 414 g/mol. The summed E-state index contributed by atoms with van der Waals surface area (Å²) in [7, 11) is 1.66. The molecule has 1 amide bonds. The molecule has 0 radical (unpaired) electrons. The normalized spacial score (nSPS) is 12.0. The SMILES string of the molecule is COc1ccccc1C(CC(=O)Nc1ccc(C)c(C)c1)c1cnc2cc(C)ccn12. The van der Waals surface area contributed by atoms with Gasteiger partial charge in [0.05, 0.1) is 12.8 Å². The van der Waals surface area contributed by atoms with Crippen molar-refractivity contribution in [2.75, 3.05) is 12.4 Å². The molecule has 1 unspecified atom stereocenters. The third-order valence-electron chi connectivity index (χ3n) is 5.75. The Bertz CT molecular complexity index is 1240. The summed E-state index contributed by atoms with van der Waals surface area (Å²) in [5.41, 5.74) is 7.08. The predicted molar refractivity (Wildman–Crippen MR) is 124 cm³/mol. The van der Waals surface area contributed by atoms with E-state index in [1.54, 1.807) is 7.11 Å². The first-order chi connectivity index (χ1) is 15.0. The minimum atomic E-state index is -0.208. The van der Waals surface area contributed by atoms with Crippen molar-refractivity contribution in [1.29, 1.82) is 0 Å². The van der Waals surface area contributed by atoms with Crippen molar-refractivity contribution in [2.45, 2.75) is 33.1 Å². The van der Waals surface area contributed by atoms with Crippen molar-refractivity contribution < 1.29 is 9.53 Å². The van der Waals surface area contributed by atoms with Crippen LogP contribution in [0.3, 0.4) is 0 Å². The first-order valence-corrected chi connectivity index (χ1v) is 10.4. The van der Waals surface area contributed by atoms with Gasteiger partial charge in [-0.15, -0.1) is 0 Å². The minimum absolute atomic E-state index is 0.0544. The number of imidazole rings is 1. The fourth-order valence-electron chi connectivity index (χ4n) is 3.90. The van der Waals surface area contributed by atoms with Crippen LogP contribution in [0.1, 0.15) is 40.3 Å². The Morgan fingerprint density at radius 2 is 1.87 bits per heavy atom. The molecule has 5 heteroatoms. The molecule has 0 aliphatic carbocycles. The molecule has 0 fully saturated rings. The second-order valence-electron chi connectivity index (χ2n) is 7.96. The number of rotatable bonds is 6. The van der Waals surface area contributed by atoms with Gasteiger partial charge in [-0.1, -0.05) is 24.3 Å². The largest absolute Gasteiger partial charge is 0.496 e. The maximum atomic E-state index is 13.1. The highest BCUT2D eigenvalue weighted by Gasteiger charge is 2.24. The fourth-order valence-corrected chi connectivity index (χ4v) is 3.90. The van der Waals surface area contributed by atoms with Crippen LogP contribution in [0.25, 0.3) is 5.65 Å². The summed E-state index contributed by atoms with van der Waals surface area (Å²) >= 11 is 0. The number of benzene rings is 2. The van der Waals surface area contributed by atoms with E-state index in [9.17, 15) is 4.79 Å². The number of carbonyl (C=O) groups is 1. The molecule has 31 heavy (non-hydrogen) atoms. The number of aromatic nitrogens is 2. The molecule has 5 nitrogen and oxygen atoms in total. The molecule has 4 rings (SSSR count). The molecule has 2 heterocycles. The number of methoxy groups -OCH3 is 1. The zero-order valence-electron chi connectivity index (χ0n) is 18.3. The third kappa shape index (κ3) is 4.31. The first-order valence-electron chi connectivity index (χ1n) is 10.4. The Hall–Kier alpha value is -3.60. The Morgan fingerprint density at radius 1 is 1.06 bits per heavy atom. The maximum Gasteiger partial charge on any atom is 0.225 e. The van der Waals surface area contributed by atoms with E-state index >= 15 is 0 Å². The van der Waals surface area contributed by atoms with Crippen LogP contribution >= 0.6 is 0 Å². The summed E-state index contributed by atoms with van der Waals surface area (Å²) < 4.78 is 7.67. The van der Waals surface area contributed by atoms with E-state index in [1.807, 2.05) is 85.2 Å². The summed E-state index contributed by atoms with van der Waals surface area (Å²) in [6, 6.07) is 17.9. The standard InChI is InChI=1S/C26H27N3O2/c1-17-11-12-29-23(16-27-25(29)13-17)22(21-7-5-6-8-24(21)31-4)15-26(30)28-20-10-9-18(2)19(3)14-20/h5-14,16,22H,15H2,1-4H3,(H,28,30). The lowest BCUT2D eigenvalue weighted by atomic mass is 9.91. The van der Waals surface area contributed by atoms with E-state index < -0.39 is 0 Å². The zero-order valence-corrected chi connectivity index (χ0v) is 18.3. The number of hydrogen-bond donors (Lipinski definition) is 1. The van der Waals surface area contributed by atoms with Crippen LogP contribution in [0, 0.1) is 20.8 Å². The third-order valence-corrected chi connectivity index (χ3v) is 5.75. The van der Waals surface area contributed by atoms with Crippen LogP contribution in [0.4, 0.5) is 5.69 Å². The summed E-state index contributed by atoms with van der Waals surface area (Å²) in [5.74, 6) is 0.496. The van der Waals surface area contributed by atoms with Crippen LogP contribution in [0.5, 0.6) is 5.75 Å². The van der Waals surface area contributed by atoms with E-state index in [0.717, 1.165) is 39.5 Å². The number of nitrogens with one attached hydrogen (secondary N) is 1. The number of aryl methyl sites for hydroxylation is 3. The lowest BCUT2D eigenvalue weighted by Crippen LogP contribution is -2.18. The number of hydrogen-bond acceptors (Lipinski definition) is 3. The molecule has 0 saturated heterocycles. The number of anilines is 1. The number of fused-ring (bicyclic) bond motifs is 1. The highest BCUT2D eigenvalue weighted by Crippen LogP contribution is 2.35.